The second kappa shape index (κ2) is 15.4. The van der Waals surface area contributed by atoms with E-state index in [1.54, 1.807) is 0 Å². The second-order valence-electron chi connectivity index (χ2n) is 16.5. The summed E-state index contributed by atoms with van der Waals surface area (Å²) in [5.74, 6) is 1.26. The Kier molecular flexibility index (Phi) is 9.99. The Hall–Kier alpha value is -5.23. The number of phenols is 1. The zero-order valence-corrected chi connectivity index (χ0v) is 32.5. The number of aromatic hydroxyl groups is 1. The average molecular weight is 745 g/mol. The van der Waals surface area contributed by atoms with Crippen LogP contribution in [0.1, 0.15) is 77.6 Å². The molecule has 0 saturated carbocycles. The molecule has 8 heteroatoms. The van der Waals surface area contributed by atoms with Gasteiger partial charge in [0.05, 0.1) is 29.8 Å². The quantitative estimate of drug-likeness (QED) is 0.153. The Balaban J connectivity index is 1.12. The van der Waals surface area contributed by atoms with Gasteiger partial charge in [-0.1, -0.05) is 97.1 Å². The monoisotopic (exact) mass is 744 g/mol. The van der Waals surface area contributed by atoms with Crippen molar-refractivity contribution >= 4 is 5.82 Å². The first-order valence-electron chi connectivity index (χ1n) is 20.6. The van der Waals surface area contributed by atoms with Crippen molar-refractivity contribution in [3.63, 3.8) is 0 Å². The maximum Gasteiger partial charge on any atom is 0.318 e. The van der Waals surface area contributed by atoms with Gasteiger partial charge in [-0.2, -0.15) is 15.2 Å². The molecule has 2 saturated heterocycles. The van der Waals surface area contributed by atoms with Gasteiger partial charge in [0.15, 0.2) is 0 Å². The van der Waals surface area contributed by atoms with Crippen LogP contribution in [-0.4, -0.2) is 76.8 Å². The van der Waals surface area contributed by atoms with Crippen molar-refractivity contribution in [2.24, 2.45) is 0 Å². The Labute approximate surface area is 331 Å². The predicted molar refractivity (Wildman–Crippen MR) is 220 cm³/mol. The topological polar surface area (TPSA) is 88.8 Å². The van der Waals surface area contributed by atoms with Crippen LogP contribution in [0.25, 0.3) is 0 Å². The third-order valence-corrected chi connectivity index (χ3v) is 13.4. The summed E-state index contributed by atoms with van der Waals surface area (Å²) in [7, 11) is 2.17. The van der Waals surface area contributed by atoms with Crippen LogP contribution >= 0.6 is 0 Å². The van der Waals surface area contributed by atoms with Crippen molar-refractivity contribution in [1.82, 2.24) is 19.8 Å². The highest BCUT2D eigenvalue weighted by Crippen LogP contribution is 2.49. The van der Waals surface area contributed by atoms with Gasteiger partial charge in [0.25, 0.3) is 0 Å². The van der Waals surface area contributed by atoms with Crippen molar-refractivity contribution in [2.75, 3.05) is 44.7 Å². The maximum atomic E-state index is 10.6. The van der Waals surface area contributed by atoms with E-state index in [1.165, 1.54) is 39.8 Å². The highest BCUT2D eigenvalue weighted by molar-refractivity contribution is 5.56. The standard InChI is InChI=1S/C48H52N6O2/c1-52-28-12-20-40(52)34-56-46-50-44-32-47(25-11-13-35-21-22-41(55)31-43(35)47)26-23-42(44)45(51-46)54-30-29-53(33-39(54)24-27-49)48(36-14-5-2-6-15-36,37-16-7-3-8-17-37)38-18-9-4-10-19-38/h2-10,14-19,21-22,31,39-40,55H,11-13,20,23-26,28-30,32-34H2,1H3/t39-,40-,47?/m0/s1. The fraction of sp³-hybridized carbons (Fsp3) is 0.396. The van der Waals surface area contributed by atoms with Crippen LogP contribution in [0.5, 0.6) is 11.8 Å². The van der Waals surface area contributed by atoms with Gasteiger partial charge in [0.1, 0.15) is 18.2 Å². The van der Waals surface area contributed by atoms with Crippen LogP contribution in [0, 0.1) is 11.3 Å². The number of hydrogen-bond acceptors (Lipinski definition) is 8. The van der Waals surface area contributed by atoms with Crippen molar-refractivity contribution in [3.8, 4) is 17.8 Å². The first-order valence-corrected chi connectivity index (χ1v) is 20.6. The summed E-state index contributed by atoms with van der Waals surface area (Å²) in [5, 5.41) is 21.1. The summed E-state index contributed by atoms with van der Waals surface area (Å²) in [6, 6.07) is 41.8. The first-order chi connectivity index (χ1) is 27.5. The largest absolute Gasteiger partial charge is 0.508 e. The van der Waals surface area contributed by atoms with Gasteiger partial charge in [-0.15, -0.1) is 0 Å². The predicted octanol–water partition coefficient (Wildman–Crippen LogP) is 7.81. The normalized spacial score (nSPS) is 22.7. The summed E-state index contributed by atoms with van der Waals surface area (Å²) in [6.45, 7) is 3.77. The molecule has 3 heterocycles. The van der Waals surface area contributed by atoms with E-state index >= 15 is 0 Å². The van der Waals surface area contributed by atoms with Crippen LogP contribution in [-0.2, 0) is 30.2 Å². The number of fused-ring (bicyclic) bond motifs is 3. The average Bonchev–Trinajstić information content (AvgIpc) is 3.66. The number of piperazine rings is 1. The van der Waals surface area contributed by atoms with Gasteiger partial charge in [-0.25, -0.2) is 0 Å². The Morgan fingerprint density at radius 3 is 2.16 bits per heavy atom. The summed E-state index contributed by atoms with van der Waals surface area (Å²) in [4.78, 5) is 17.9. The fourth-order valence-electron chi connectivity index (χ4n) is 10.6. The third kappa shape index (κ3) is 6.51. The lowest BCUT2D eigenvalue weighted by Gasteiger charge is -2.52. The molecule has 0 amide bonds. The number of aromatic nitrogens is 2. The number of ether oxygens (including phenoxy) is 1. The van der Waals surface area contributed by atoms with Gasteiger partial charge in [-0.3, -0.25) is 4.90 Å². The Bertz CT molecular complexity index is 2090. The van der Waals surface area contributed by atoms with Crippen LogP contribution in [0.3, 0.4) is 0 Å². The number of likely N-dealkylation sites (N-methyl/N-ethyl adjacent to an activating group) is 1. The van der Waals surface area contributed by atoms with Gasteiger partial charge >= 0.3 is 6.01 Å². The number of phenolic OH excluding ortho intramolecular Hbond substituents is 1. The van der Waals surface area contributed by atoms with Crippen molar-refractivity contribution in [1.29, 1.82) is 5.26 Å². The highest BCUT2D eigenvalue weighted by atomic mass is 16.5. The summed E-state index contributed by atoms with van der Waals surface area (Å²) in [6.07, 6.45) is 8.48. The summed E-state index contributed by atoms with van der Waals surface area (Å²) < 4.78 is 6.56. The first kappa shape index (κ1) is 36.4. The molecule has 56 heavy (non-hydrogen) atoms. The molecule has 4 aliphatic rings. The van der Waals surface area contributed by atoms with E-state index in [2.05, 4.69) is 125 Å². The lowest BCUT2D eigenvalue weighted by atomic mass is 9.62. The molecule has 5 aromatic rings. The van der Waals surface area contributed by atoms with Crippen molar-refractivity contribution < 1.29 is 9.84 Å². The molecule has 0 radical (unpaired) electrons. The molecule has 4 aromatic carbocycles. The zero-order valence-electron chi connectivity index (χ0n) is 32.5. The SMILES string of the molecule is CN1CCC[C@H]1COc1nc2c(c(N3CCN(C(c4ccccc4)(c4ccccc4)c4ccccc4)C[C@@H]3CC#N)n1)CCC1(CCCc3ccc(O)cc31)C2. The number of hydrogen-bond donors (Lipinski definition) is 1. The summed E-state index contributed by atoms with van der Waals surface area (Å²) in [5.41, 5.74) is 7.83. The molecule has 1 spiro atoms. The molecule has 1 aromatic heterocycles. The molecule has 286 valence electrons. The lowest BCUT2D eigenvalue weighted by molar-refractivity contribution is 0.125. The molecule has 2 fully saturated rings. The minimum absolute atomic E-state index is 0.0840. The van der Waals surface area contributed by atoms with Crippen LogP contribution < -0.4 is 9.64 Å². The van der Waals surface area contributed by atoms with E-state index in [4.69, 9.17) is 14.7 Å². The van der Waals surface area contributed by atoms with Gasteiger partial charge in [0, 0.05) is 36.7 Å². The molecule has 3 atom stereocenters. The minimum atomic E-state index is -0.567. The number of anilines is 1. The van der Waals surface area contributed by atoms with Gasteiger partial charge < -0.3 is 19.6 Å². The van der Waals surface area contributed by atoms with E-state index in [-0.39, 0.29) is 11.5 Å². The Morgan fingerprint density at radius 1 is 0.821 bits per heavy atom. The molecule has 8 nitrogen and oxygen atoms in total. The molecule has 2 aliphatic carbocycles. The molecule has 2 aliphatic heterocycles. The number of benzene rings is 4. The summed E-state index contributed by atoms with van der Waals surface area (Å²) >= 11 is 0. The molecule has 9 rings (SSSR count). The van der Waals surface area contributed by atoms with E-state index < -0.39 is 5.54 Å². The molecule has 1 N–H and O–H groups in total. The fourth-order valence-corrected chi connectivity index (χ4v) is 10.6. The lowest BCUT2D eigenvalue weighted by Crippen LogP contribution is -2.60. The molecular weight excluding hydrogens is 693 g/mol. The Morgan fingerprint density at radius 2 is 1.52 bits per heavy atom. The van der Waals surface area contributed by atoms with Crippen LogP contribution in [0.2, 0.25) is 0 Å². The number of nitrogens with zero attached hydrogens (tertiary/aromatic N) is 6. The number of rotatable bonds is 9. The zero-order chi connectivity index (χ0) is 38.1. The van der Waals surface area contributed by atoms with Crippen molar-refractivity contribution in [3.05, 3.63) is 148 Å². The van der Waals surface area contributed by atoms with E-state index in [1.807, 2.05) is 12.1 Å². The molecule has 1 unspecified atom stereocenters. The number of likely N-dealkylation sites (tertiary alicyclic amines) is 1. The number of aryl methyl sites for hydroxylation is 1. The van der Waals surface area contributed by atoms with Crippen LogP contribution in [0.4, 0.5) is 5.82 Å². The minimum Gasteiger partial charge on any atom is -0.508 e. The van der Waals surface area contributed by atoms with E-state index in [9.17, 15) is 10.4 Å². The highest BCUT2D eigenvalue weighted by Gasteiger charge is 2.47. The van der Waals surface area contributed by atoms with E-state index in [0.29, 0.717) is 43.9 Å². The van der Waals surface area contributed by atoms with Crippen molar-refractivity contribution in [2.45, 2.75) is 80.8 Å². The van der Waals surface area contributed by atoms with Crippen LogP contribution in [0.15, 0.2) is 109 Å². The number of nitriles is 1. The maximum absolute atomic E-state index is 10.6. The molecular formula is C48H52N6O2. The third-order valence-electron chi connectivity index (χ3n) is 13.4. The second-order valence-corrected chi connectivity index (χ2v) is 16.5. The van der Waals surface area contributed by atoms with Gasteiger partial charge in [0.2, 0.25) is 0 Å². The van der Waals surface area contributed by atoms with E-state index in [0.717, 1.165) is 69.5 Å². The van der Waals surface area contributed by atoms with Gasteiger partial charge in [-0.05, 0) is 105 Å². The molecule has 0 bridgehead atoms. The smallest absolute Gasteiger partial charge is 0.318 e.